The molecule has 284 valence electrons. The van der Waals surface area contributed by atoms with Crippen LogP contribution in [-0.4, -0.2) is 75.2 Å². The van der Waals surface area contributed by atoms with Crippen molar-refractivity contribution in [2.45, 2.75) is 57.2 Å². The molecule has 1 saturated heterocycles. The van der Waals surface area contributed by atoms with Crippen molar-refractivity contribution in [2.75, 3.05) is 18.4 Å². The van der Waals surface area contributed by atoms with Crippen LogP contribution in [0.3, 0.4) is 0 Å². The average Bonchev–Trinajstić information content (AvgIpc) is 3.72. The number of alkyl halides is 3. The molecule has 7 rings (SSSR count). The molecule has 1 atom stereocenters. The van der Waals surface area contributed by atoms with Crippen LogP contribution in [0.25, 0.3) is 17.2 Å². The summed E-state index contributed by atoms with van der Waals surface area (Å²) in [6.07, 6.45) is 3.71. The summed E-state index contributed by atoms with van der Waals surface area (Å²) in [5.41, 5.74) is 4.84. The van der Waals surface area contributed by atoms with Crippen LogP contribution in [0.2, 0.25) is 5.02 Å². The maximum absolute atomic E-state index is 14.5. The molecule has 2 aliphatic rings. The van der Waals surface area contributed by atoms with Gasteiger partial charge in [-0.25, -0.2) is 19.9 Å². The molecule has 0 saturated carbocycles. The average molecular weight is 776 g/mol. The molecular formula is C36H33ClF3N11O4. The van der Waals surface area contributed by atoms with Crippen molar-refractivity contribution in [3.05, 3.63) is 98.7 Å². The van der Waals surface area contributed by atoms with Gasteiger partial charge in [-0.15, -0.1) is 5.10 Å². The highest BCUT2D eigenvalue weighted by Crippen LogP contribution is 2.50. The number of benzene rings is 1. The van der Waals surface area contributed by atoms with Crippen molar-refractivity contribution in [1.82, 2.24) is 39.0 Å². The molecule has 5 heterocycles. The normalized spacial score (nSPS) is 16.8. The first kappa shape index (κ1) is 37.2. The number of aromatic hydroxyl groups is 1. The van der Waals surface area contributed by atoms with Gasteiger partial charge in [0.2, 0.25) is 11.7 Å². The summed E-state index contributed by atoms with van der Waals surface area (Å²) in [4.78, 5) is 64.3. The maximum atomic E-state index is 14.5. The summed E-state index contributed by atoms with van der Waals surface area (Å²) >= 11 is 6.16. The molecular weight excluding hydrogens is 743 g/mol. The summed E-state index contributed by atoms with van der Waals surface area (Å²) in [5, 5.41) is 17.3. The Bertz CT molecular complexity index is 2450. The van der Waals surface area contributed by atoms with Crippen LogP contribution in [0.4, 0.5) is 24.7 Å². The Morgan fingerprint density at radius 3 is 2.60 bits per heavy atom. The Hall–Kier alpha value is -6.17. The van der Waals surface area contributed by atoms with Gasteiger partial charge >= 0.3 is 6.18 Å². The second-order valence-electron chi connectivity index (χ2n) is 13.4. The maximum Gasteiger partial charge on any atom is 0.416 e. The second kappa shape index (κ2) is 14.2. The van der Waals surface area contributed by atoms with E-state index in [9.17, 15) is 32.7 Å². The summed E-state index contributed by atoms with van der Waals surface area (Å²) in [7, 11) is 0. The van der Waals surface area contributed by atoms with E-state index in [1.54, 1.807) is 28.5 Å². The summed E-state index contributed by atoms with van der Waals surface area (Å²) < 4.78 is 42.6. The Morgan fingerprint density at radius 2 is 1.93 bits per heavy atom. The number of rotatable bonds is 7. The molecule has 1 aromatic carbocycles. The number of anilines is 1. The van der Waals surface area contributed by atoms with Crippen LogP contribution in [-0.2, 0) is 22.9 Å². The van der Waals surface area contributed by atoms with E-state index in [2.05, 4.69) is 35.3 Å². The number of allylic oxidation sites excluding steroid dienone is 1. The summed E-state index contributed by atoms with van der Waals surface area (Å²) in [5.74, 6) is -1.06. The third-order valence-corrected chi connectivity index (χ3v) is 10.3. The van der Waals surface area contributed by atoms with E-state index in [4.69, 9.17) is 17.3 Å². The molecule has 0 bridgehead atoms. The highest BCUT2D eigenvalue weighted by molar-refractivity contribution is 6.33. The van der Waals surface area contributed by atoms with E-state index in [0.29, 0.717) is 41.9 Å². The molecule has 0 radical (unpaired) electrons. The van der Waals surface area contributed by atoms with Gasteiger partial charge in [0.25, 0.3) is 11.5 Å². The number of hydrogen-bond donors (Lipinski definition) is 3. The number of aryl methyl sites for hydroxylation is 1. The third-order valence-electron chi connectivity index (χ3n) is 9.98. The SMILES string of the molecule is Cc1ncnc(C(=O)N2CCC3(CC2)CC(C)c2c3c(=O)n3nc(-c4ccc(N=C/C=C\N)nc4)nc3n2CC(=O)Nc2ccc(C(F)(F)F)cc2Cl)c1O. The number of pyridine rings is 1. The van der Waals surface area contributed by atoms with E-state index < -0.39 is 34.5 Å². The van der Waals surface area contributed by atoms with Crippen molar-refractivity contribution in [3.8, 4) is 17.1 Å². The van der Waals surface area contributed by atoms with Gasteiger partial charge in [0.1, 0.15) is 12.9 Å². The molecule has 15 nitrogen and oxygen atoms in total. The van der Waals surface area contributed by atoms with Crippen molar-refractivity contribution in [2.24, 2.45) is 10.7 Å². The fourth-order valence-corrected chi connectivity index (χ4v) is 7.63. The first-order valence-electron chi connectivity index (χ1n) is 17.1. The Morgan fingerprint density at radius 1 is 1.16 bits per heavy atom. The Labute approximate surface area is 315 Å². The number of nitrogens with two attached hydrogens (primary N) is 1. The molecule has 1 aliphatic carbocycles. The van der Waals surface area contributed by atoms with Gasteiger partial charge in [-0.2, -0.15) is 22.7 Å². The smallest absolute Gasteiger partial charge is 0.416 e. The van der Waals surface area contributed by atoms with Crippen molar-refractivity contribution < 1.29 is 27.9 Å². The third kappa shape index (κ3) is 6.88. The molecule has 55 heavy (non-hydrogen) atoms. The fraction of sp³-hybridized carbons (Fsp3) is 0.306. The monoisotopic (exact) mass is 775 g/mol. The minimum atomic E-state index is -4.63. The number of nitrogens with zero attached hydrogens (tertiary/aromatic N) is 9. The van der Waals surface area contributed by atoms with Crippen LogP contribution >= 0.6 is 11.6 Å². The molecule has 1 fully saturated rings. The number of fused-ring (bicyclic) bond motifs is 3. The lowest BCUT2D eigenvalue weighted by molar-refractivity contribution is -0.137. The van der Waals surface area contributed by atoms with Crippen LogP contribution in [0.5, 0.6) is 5.75 Å². The lowest BCUT2D eigenvalue weighted by atomic mass is 9.73. The second-order valence-corrected chi connectivity index (χ2v) is 13.8. The number of carbonyl (C=O) groups is 2. The predicted octanol–water partition coefficient (Wildman–Crippen LogP) is 4.92. The number of hydrogen-bond acceptors (Lipinski definition) is 11. The fourth-order valence-electron chi connectivity index (χ4n) is 7.40. The first-order chi connectivity index (χ1) is 26.2. The van der Waals surface area contributed by atoms with Crippen LogP contribution in [0, 0.1) is 6.92 Å². The number of aliphatic imine (C=N–C) groups is 1. The van der Waals surface area contributed by atoms with E-state index in [1.807, 2.05) is 6.92 Å². The number of piperidine rings is 1. The molecule has 4 N–H and O–H groups in total. The van der Waals surface area contributed by atoms with Gasteiger partial charge in [-0.3, -0.25) is 14.4 Å². The van der Waals surface area contributed by atoms with E-state index in [1.165, 1.54) is 31.0 Å². The number of likely N-dealkylation sites (tertiary alicyclic amines) is 1. The first-order valence-corrected chi connectivity index (χ1v) is 17.5. The number of amides is 2. The number of carbonyl (C=O) groups excluding carboxylic acids is 2. The van der Waals surface area contributed by atoms with Gasteiger partial charge < -0.3 is 25.6 Å². The zero-order chi connectivity index (χ0) is 39.2. The minimum Gasteiger partial charge on any atom is -0.504 e. The highest BCUT2D eigenvalue weighted by Gasteiger charge is 2.49. The molecule has 2 amide bonds. The Balaban J connectivity index is 1.27. The quantitative estimate of drug-likeness (QED) is 0.191. The largest absolute Gasteiger partial charge is 0.504 e. The van der Waals surface area contributed by atoms with Gasteiger partial charge in [-0.1, -0.05) is 18.5 Å². The molecule has 1 unspecified atom stereocenters. The summed E-state index contributed by atoms with van der Waals surface area (Å²) in [6, 6.07) is 5.93. The van der Waals surface area contributed by atoms with Crippen LogP contribution in [0.15, 0.2) is 64.9 Å². The van der Waals surface area contributed by atoms with Crippen molar-refractivity contribution in [3.63, 3.8) is 0 Å². The standard InChI is InChI=1S/C36H33ClF3N11O4/c1-19-15-35(8-12-49(13-9-35)33(55)28-30(53)20(2)44-18-45-28)27-29(19)50(17-26(52)46-24-6-5-22(14-23(24)37)36(38,39)40)34-47-31(48-51(34)32(27)54)21-4-7-25(43-16-21)42-11-3-10-41/h3-7,10-11,14,16,18-19,53H,8-9,12-13,15,17,41H2,1-2H3,(H,46,52)/b10-3-,42-11?. The zero-order valence-corrected chi connectivity index (χ0v) is 30.1. The van der Waals surface area contributed by atoms with E-state index >= 15 is 0 Å². The van der Waals surface area contributed by atoms with E-state index in [-0.39, 0.29) is 65.0 Å². The van der Waals surface area contributed by atoms with Crippen molar-refractivity contribution in [1.29, 1.82) is 0 Å². The molecule has 1 aliphatic heterocycles. The number of nitrogens with one attached hydrogen (secondary N) is 1. The van der Waals surface area contributed by atoms with Gasteiger partial charge in [0.15, 0.2) is 23.1 Å². The van der Waals surface area contributed by atoms with Gasteiger partial charge in [0.05, 0.1) is 22.0 Å². The molecule has 5 aromatic rings. The lowest BCUT2D eigenvalue weighted by Gasteiger charge is -2.39. The lowest BCUT2D eigenvalue weighted by Crippen LogP contribution is -2.46. The number of aromatic nitrogens is 7. The molecule has 1 spiro atoms. The van der Waals surface area contributed by atoms with Crippen LogP contribution < -0.4 is 16.6 Å². The molecule has 19 heteroatoms. The van der Waals surface area contributed by atoms with E-state index in [0.717, 1.165) is 22.7 Å². The predicted molar refractivity (Wildman–Crippen MR) is 195 cm³/mol. The Kier molecular flexibility index (Phi) is 9.62. The minimum absolute atomic E-state index is 0.0298. The molecule has 4 aromatic heterocycles. The number of halogens is 4. The zero-order valence-electron chi connectivity index (χ0n) is 29.4. The van der Waals surface area contributed by atoms with Crippen molar-refractivity contribution >= 4 is 46.9 Å². The topological polar surface area (TPSA) is 199 Å². The summed E-state index contributed by atoms with van der Waals surface area (Å²) in [6.45, 7) is 3.62. The van der Waals surface area contributed by atoms with Gasteiger partial charge in [-0.05, 0) is 74.7 Å². The van der Waals surface area contributed by atoms with Gasteiger partial charge in [0, 0.05) is 47.7 Å². The van der Waals surface area contributed by atoms with Crippen LogP contribution in [0.1, 0.15) is 65.1 Å². The highest BCUT2D eigenvalue weighted by atomic mass is 35.5.